The molecule has 3 unspecified atom stereocenters. The standard InChI is InChI=1S/C25H33N/c1-11-20(7)24(16-21(8)25(24,12-2)26-10)23(9,17(3)4)22-14-18(5)13-19(6)15-22/h11,13-15H,1,3,7-8,10,12,16H2,2,4-6,9H3. The molecule has 1 saturated carbocycles. The van der Waals surface area contributed by atoms with Gasteiger partial charge < -0.3 is 0 Å². The maximum absolute atomic E-state index is 4.67. The number of aryl methyl sites for hydroxylation is 2. The van der Waals surface area contributed by atoms with E-state index in [1.807, 2.05) is 6.08 Å². The van der Waals surface area contributed by atoms with Crippen LogP contribution in [0.25, 0.3) is 0 Å². The second-order valence-corrected chi connectivity index (χ2v) is 8.07. The Morgan fingerprint density at radius 1 is 1.23 bits per heavy atom. The van der Waals surface area contributed by atoms with E-state index in [2.05, 4.69) is 90.8 Å². The van der Waals surface area contributed by atoms with Crippen LogP contribution in [0.5, 0.6) is 0 Å². The number of aliphatic imine (C=N–C) groups is 1. The van der Waals surface area contributed by atoms with Gasteiger partial charge in [-0.25, -0.2) is 0 Å². The zero-order chi connectivity index (χ0) is 19.9. The van der Waals surface area contributed by atoms with E-state index in [1.54, 1.807) is 0 Å². The summed E-state index contributed by atoms with van der Waals surface area (Å²) in [5.74, 6) is 0. The summed E-state index contributed by atoms with van der Waals surface area (Å²) in [6.07, 6.45) is 3.53. The molecule has 1 fully saturated rings. The lowest BCUT2D eigenvalue weighted by Crippen LogP contribution is -2.67. The van der Waals surface area contributed by atoms with Crippen molar-refractivity contribution in [2.24, 2.45) is 10.4 Å². The minimum Gasteiger partial charge on any atom is -0.289 e. The van der Waals surface area contributed by atoms with Gasteiger partial charge in [0.15, 0.2) is 0 Å². The number of nitrogens with zero attached hydrogens (tertiary/aromatic N) is 1. The summed E-state index contributed by atoms with van der Waals surface area (Å²) < 4.78 is 0. The highest BCUT2D eigenvalue weighted by atomic mass is 15.0. The summed E-state index contributed by atoms with van der Waals surface area (Å²) >= 11 is 0. The normalized spacial score (nSPS) is 27.2. The lowest BCUT2D eigenvalue weighted by Gasteiger charge is -2.67. The minimum atomic E-state index is -0.455. The molecule has 0 amide bonds. The molecule has 2 rings (SSSR count). The fraction of sp³-hybridized carbons (Fsp3) is 0.400. The van der Waals surface area contributed by atoms with E-state index in [9.17, 15) is 0 Å². The molecule has 1 aliphatic rings. The van der Waals surface area contributed by atoms with Crippen molar-refractivity contribution in [1.82, 2.24) is 0 Å². The topological polar surface area (TPSA) is 12.4 Å². The van der Waals surface area contributed by atoms with Gasteiger partial charge in [-0.05, 0) is 57.0 Å². The third kappa shape index (κ3) is 2.26. The van der Waals surface area contributed by atoms with Crippen LogP contribution in [-0.4, -0.2) is 12.3 Å². The molecule has 1 heteroatoms. The highest BCUT2D eigenvalue weighted by Gasteiger charge is 2.69. The summed E-state index contributed by atoms with van der Waals surface area (Å²) in [6, 6.07) is 6.74. The molecule has 0 aromatic heterocycles. The molecule has 0 spiro atoms. The maximum atomic E-state index is 4.67. The Kier molecular flexibility index (Phi) is 5.07. The van der Waals surface area contributed by atoms with Crippen molar-refractivity contribution >= 4 is 6.72 Å². The lowest BCUT2D eigenvalue weighted by atomic mass is 9.37. The van der Waals surface area contributed by atoms with Gasteiger partial charge in [0.25, 0.3) is 0 Å². The summed E-state index contributed by atoms with van der Waals surface area (Å²) in [7, 11) is 0. The van der Waals surface area contributed by atoms with Crippen LogP contribution in [0.1, 0.15) is 50.3 Å². The molecule has 1 aliphatic carbocycles. The van der Waals surface area contributed by atoms with E-state index < -0.39 is 5.54 Å². The van der Waals surface area contributed by atoms with Crippen molar-refractivity contribution in [3.05, 3.63) is 84.0 Å². The van der Waals surface area contributed by atoms with Gasteiger partial charge in [-0.3, -0.25) is 4.99 Å². The molecule has 3 atom stereocenters. The SMILES string of the molecule is C=CC(=C)C1(C(C)(C(=C)C)c2cc(C)cc(C)c2)CC(=C)C1(CC)N=C. The predicted octanol–water partition coefficient (Wildman–Crippen LogP) is 6.68. The number of hydrogen-bond acceptors (Lipinski definition) is 1. The molecule has 1 nitrogen and oxygen atoms in total. The van der Waals surface area contributed by atoms with Crippen molar-refractivity contribution in [2.45, 2.75) is 58.4 Å². The zero-order valence-electron chi connectivity index (χ0n) is 17.2. The first kappa shape index (κ1) is 20.2. The minimum absolute atomic E-state index is 0.354. The number of rotatable bonds is 7. The van der Waals surface area contributed by atoms with Crippen LogP contribution in [0.2, 0.25) is 0 Å². The van der Waals surface area contributed by atoms with E-state index in [0.717, 1.165) is 29.6 Å². The van der Waals surface area contributed by atoms with Crippen LogP contribution in [0, 0.1) is 19.3 Å². The first-order valence-corrected chi connectivity index (χ1v) is 9.30. The van der Waals surface area contributed by atoms with Crippen LogP contribution in [-0.2, 0) is 5.41 Å². The third-order valence-corrected chi connectivity index (χ3v) is 6.85. The molecule has 0 radical (unpaired) electrons. The van der Waals surface area contributed by atoms with Crippen LogP contribution in [0.3, 0.4) is 0 Å². The highest BCUT2D eigenvalue weighted by molar-refractivity contribution is 5.58. The first-order chi connectivity index (χ1) is 12.1. The second kappa shape index (κ2) is 6.54. The molecule has 1 aromatic rings. The average molecular weight is 348 g/mol. The van der Waals surface area contributed by atoms with Crippen LogP contribution < -0.4 is 0 Å². The van der Waals surface area contributed by atoms with Gasteiger partial charge in [0.1, 0.15) is 0 Å². The van der Waals surface area contributed by atoms with Crippen LogP contribution >= 0.6 is 0 Å². The molecular formula is C25H33N. The van der Waals surface area contributed by atoms with E-state index in [-0.39, 0.29) is 10.8 Å². The summed E-state index contributed by atoms with van der Waals surface area (Å²) in [6.45, 7) is 32.0. The van der Waals surface area contributed by atoms with Gasteiger partial charge in [-0.2, -0.15) is 0 Å². The fourth-order valence-corrected chi connectivity index (χ4v) is 5.30. The Labute approximate surface area is 159 Å². The van der Waals surface area contributed by atoms with Gasteiger partial charge >= 0.3 is 0 Å². The van der Waals surface area contributed by atoms with Crippen molar-refractivity contribution in [2.75, 3.05) is 0 Å². The van der Waals surface area contributed by atoms with Gasteiger partial charge in [0.2, 0.25) is 0 Å². The lowest BCUT2D eigenvalue weighted by molar-refractivity contribution is 0.0431. The summed E-state index contributed by atoms with van der Waals surface area (Å²) in [4.78, 5) is 4.67. The molecule has 0 aliphatic heterocycles. The van der Waals surface area contributed by atoms with E-state index in [0.29, 0.717) is 0 Å². The van der Waals surface area contributed by atoms with Gasteiger partial charge in [0.05, 0.1) is 5.54 Å². The Bertz CT molecular complexity index is 791. The molecular weight excluding hydrogens is 314 g/mol. The van der Waals surface area contributed by atoms with Crippen molar-refractivity contribution < 1.29 is 0 Å². The molecule has 26 heavy (non-hydrogen) atoms. The molecule has 138 valence electrons. The van der Waals surface area contributed by atoms with E-state index in [4.69, 9.17) is 0 Å². The zero-order valence-corrected chi connectivity index (χ0v) is 17.2. The third-order valence-electron chi connectivity index (χ3n) is 6.85. The number of benzene rings is 1. The van der Waals surface area contributed by atoms with E-state index in [1.165, 1.54) is 16.7 Å². The van der Waals surface area contributed by atoms with Crippen LogP contribution in [0.4, 0.5) is 0 Å². The molecule has 0 bridgehead atoms. The molecule has 1 aromatic carbocycles. The maximum Gasteiger partial charge on any atom is 0.0915 e. The monoisotopic (exact) mass is 347 g/mol. The second-order valence-electron chi connectivity index (χ2n) is 8.07. The number of allylic oxidation sites excluding steroid dienone is 2. The van der Waals surface area contributed by atoms with Crippen molar-refractivity contribution in [3.8, 4) is 0 Å². The largest absolute Gasteiger partial charge is 0.289 e. The van der Waals surface area contributed by atoms with Crippen molar-refractivity contribution in [3.63, 3.8) is 0 Å². The summed E-state index contributed by atoms with van der Waals surface area (Å²) in [5.41, 5.74) is 5.79. The van der Waals surface area contributed by atoms with Gasteiger partial charge in [-0.1, -0.05) is 81.1 Å². The van der Waals surface area contributed by atoms with Gasteiger partial charge in [0, 0.05) is 10.8 Å². The van der Waals surface area contributed by atoms with Crippen LogP contribution in [0.15, 0.2) is 72.3 Å². The molecule has 0 N–H and O–H groups in total. The molecule has 0 saturated heterocycles. The molecule has 0 heterocycles. The Morgan fingerprint density at radius 2 is 1.77 bits per heavy atom. The predicted molar refractivity (Wildman–Crippen MR) is 116 cm³/mol. The summed E-state index contributed by atoms with van der Waals surface area (Å²) in [5, 5.41) is 0. The smallest absolute Gasteiger partial charge is 0.0915 e. The van der Waals surface area contributed by atoms with Gasteiger partial charge in [-0.15, -0.1) is 0 Å². The Balaban J connectivity index is 2.94. The first-order valence-electron chi connectivity index (χ1n) is 9.30. The average Bonchev–Trinajstić information content (AvgIpc) is 2.58. The Morgan fingerprint density at radius 3 is 2.12 bits per heavy atom. The number of hydrogen-bond donors (Lipinski definition) is 0. The van der Waals surface area contributed by atoms with E-state index >= 15 is 0 Å². The quantitative estimate of drug-likeness (QED) is 0.296. The fourth-order valence-electron chi connectivity index (χ4n) is 5.30. The Hall–Kier alpha value is -2.15. The van der Waals surface area contributed by atoms with Crippen molar-refractivity contribution in [1.29, 1.82) is 0 Å². The highest BCUT2D eigenvalue weighted by Crippen LogP contribution is 2.70.